The van der Waals surface area contributed by atoms with E-state index in [2.05, 4.69) is 12.2 Å². The van der Waals surface area contributed by atoms with Crippen molar-refractivity contribution < 1.29 is 9.59 Å². The normalized spacial score (nSPS) is 17.0. The topological polar surface area (TPSA) is 62.3 Å². The van der Waals surface area contributed by atoms with E-state index in [1.165, 1.54) is 5.56 Å². The van der Waals surface area contributed by atoms with Crippen LogP contribution in [-0.2, 0) is 11.3 Å². The van der Waals surface area contributed by atoms with E-state index in [4.69, 9.17) is 4.98 Å². The summed E-state index contributed by atoms with van der Waals surface area (Å²) in [5.41, 5.74) is 4.01. The molecule has 2 heterocycles. The van der Waals surface area contributed by atoms with Gasteiger partial charge in [-0.25, -0.2) is 4.98 Å². The number of rotatable bonds is 5. The largest absolute Gasteiger partial charge is 0.350 e. The summed E-state index contributed by atoms with van der Waals surface area (Å²) < 4.78 is 0. The monoisotopic (exact) mass is 399 g/mol. The first kappa shape index (κ1) is 20.5. The molecule has 2 amide bonds. The molecule has 2 aromatic rings. The third kappa shape index (κ3) is 4.79. The minimum Gasteiger partial charge on any atom is -0.350 e. The van der Waals surface area contributed by atoms with Crippen molar-refractivity contribution >= 4 is 23.2 Å². The van der Waals surface area contributed by atoms with Gasteiger partial charge in [-0.3, -0.25) is 9.59 Å². The Balaban J connectivity index is 1.64. The molecule has 0 bridgehead atoms. The van der Waals surface area contributed by atoms with E-state index in [0.717, 1.165) is 41.2 Å². The number of carbonyl (C=O) groups is 2. The summed E-state index contributed by atoms with van der Waals surface area (Å²) >= 11 is 1.63. The lowest BCUT2D eigenvalue weighted by atomic mass is 9.97. The third-order valence-electron chi connectivity index (χ3n) is 5.35. The Morgan fingerprint density at radius 2 is 2.07 bits per heavy atom. The van der Waals surface area contributed by atoms with Crippen LogP contribution in [0.4, 0.5) is 0 Å². The Morgan fingerprint density at radius 1 is 1.29 bits per heavy atom. The number of carbonyl (C=O) groups excluding carboxylic acids is 2. The molecule has 1 fully saturated rings. The molecule has 0 unspecified atom stereocenters. The van der Waals surface area contributed by atoms with Gasteiger partial charge in [0.15, 0.2) is 0 Å². The van der Waals surface area contributed by atoms with Crippen LogP contribution in [0.25, 0.3) is 0 Å². The van der Waals surface area contributed by atoms with Gasteiger partial charge < -0.3 is 10.2 Å². The Hall–Kier alpha value is -2.21. The minimum atomic E-state index is -0.0265. The number of likely N-dealkylation sites (tertiary alicyclic amines) is 1. The highest BCUT2D eigenvalue weighted by molar-refractivity contribution is 7.09. The predicted molar refractivity (Wildman–Crippen MR) is 113 cm³/mol. The number of benzene rings is 1. The molecule has 1 aromatic heterocycles. The van der Waals surface area contributed by atoms with Crippen LogP contribution in [0.3, 0.4) is 0 Å². The zero-order valence-corrected chi connectivity index (χ0v) is 17.9. The van der Waals surface area contributed by atoms with Crippen molar-refractivity contribution in [3.05, 3.63) is 51.0 Å². The second kappa shape index (κ2) is 8.86. The first-order valence-corrected chi connectivity index (χ1v) is 10.8. The van der Waals surface area contributed by atoms with Gasteiger partial charge in [-0.2, -0.15) is 0 Å². The molecule has 0 radical (unpaired) electrons. The third-order valence-corrected chi connectivity index (χ3v) is 6.41. The van der Waals surface area contributed by atoms with E-state index in [0.29, 0.717) is 13.1 Å². The van der Waals surface area contributed by atoms with Crippen molar-refractivity contribution in [1.82, 2.24) is 15.2 Å². The Morgan fingerprint density at radius 3 is 2.79 bits per heavy atom. The summed E-state index contributed by atoms with van der Waals surface area (Å²) in [6.45, 7) is 9.83. The average Bonchev–Trinajstić information content (AvgIpc) is 3.16. The molecule has 0 aliphatic carbocycles. The summed E-state index contributed by atoms with van der Waals surface area (Å²) in [6.07, 6.45) is 2.03. The lowest BCUT2D eigenvalue weighted by molar-refractivity contribution is -0.124. The highest BCUT2D eigenvalue weighted by Gasteiger charge is 2.27. The van der Waals surface area contributed by atoms with Crippen molar-refractivity contribution in [1.29, 1.82) is 0 Å². The predicted octanol–water partition coefficient (Wildman–Crippen LogP) is 4.05. The van der Waals surface area contributed by atoms with Gasteiger partial charge in [0.25, 0.3) is 5.91 Å². The van der Waals surface area contributed by atoms with Gasteiger partial charge >= 0.3 is 0 Å². The fourth-order valence-corrected chi connectivity index (χ4v) is 4.34. The Bertz CT molecular complexity index is 859. The lowest BCUT2D eigenvalue weighted by Gasteiger charge is -2.32. The summed E-state index contributed by atoms with van der Waals surface area (Å²) in [7, 11) is 0. The quantitative estimate of drug-likeness (QED) is 0.825. The van der Waals surface area contributed by atoms with Crippen molar-refractivity contribution in [2.24, 2.45) is 5.92 Å². The van der Waals surface area contributed by atoms with Crippen LogP contribution in [0.1, 0.15) is 64.8 Å². The van der Waals surface area contributed by atoms with Gasteiger partial charge in [0.05, 0.1) is 17.2 Å². The number of nitrogens with one attached hydrogen (secondary N) is 1. The van der Waals surface area contributed by atoms with Crippen LogP contribution in [-0.4, -0.2) is 34.8 Å². The number of thiazole rings is 1. The second-order valence-corrected chi connectivity index (χ2v) is 8.83. The summed E-state index contributed by atoms with van der Waals surface area (Å²) in [5.74, 6) is 0.386. The maximum atomic E-state index is 12.9. The van der Waals surface area contributed by atoms with Gasteiger partial charge in [0.1, 0.15) is 0 Å². The molecule has 1 aliphatic rings. The maximum Gasteiger partial charge on any atom is 0.253 e. The molecule has 28 heavy (non-hydrogen) atoms. The zero-order chi connectivity index (χ0) is 20.3. The smallest absolute Gasteiger partial charge is 0.253 e. The molecule has 1 saturated heterocycles. The van der Waals surface area contributed by atoms with Crippen LogP contribution in [0, 0.1) is 19.8 Å². The van der Waals surface area contributed by atoms with Gasteiger partial charge in [-0.05, 0) is 49.9 Å². The molecule has 1 aromatic carbocycles. The van der Waals surface area contributed by atoms with Crippen molar-refractivity contribution in [3.8, 4) is 0 Å². The molecule has 3 rings (SSSR count). The molecule has 1 aliphatic heterocycles. The highest BCUT2D eigenvalue weighted by Crippen LogP contribution is 2.30. The van der Waals surface area contributed by atoms with E-state index in [1.54, 1.807) is 11.3 Å². The molecule has 5 nitrogen and oxygen atoms in total. The summed E-state index contributed by atoms with van der Waals surface area (Å²) in [6, 6.07) is 5.93. The van der Waals surface area contributed by atoms with Crippen LogP contribution in [0.5, 0.6) is 0 Å². The van der Waals surface area contributed by atoms with Crippen LogP contribution in [0.2, 0.25) is 0 Å². The molecule has 0 spiro atoms. The second-order valence-electron chi connectivity index (χ2n) is 7.94. The Kier molecular flexibility index (Phi) is 6.50. The number of piperidine rings is 1. The fraction of sp³-hybridized carbons (Fsp3) is 0.500. The van der Waals surface area contributed by atoms with Gasteiger partial charge in [-0.15, -0.1) is 11.3 Å². The van der Waals surface area contributed by atoms with E-state index in [1.807, 2.05) is 49.3 Å². The number of amides is 2. The number of nitrogens with zero attached hydrogens (tertiary/aromatic N) is 2. The number of aromatic nitrogens is 1. The van der Waals surface area contributed by atoms with Crippen molar-refractivity contribution in [3.63, 3.8) is 0 Å². The fourth-order valence-electron chi connectivity index (χ4n) is 3.39. The van der Waals surface area contributed by atoms with E-state index in [9.17, 15) is 9.59 Å². The molecular formula is C22H29N3O2S. The standard InChI is InChI=1S/C22H29N3O2S/c1-14(2)20(26)23-11-19-13-28-21(24-19)18-6-5-9-25(12-18)22(27)17-8-7-15(3)16(4)10-17/h7-8,10,13-14,18H,5-6,9,11-12H2,1-4H3,(H,23,26)/t18-/m0/s1. The average molecular weight is 400 g/mol. The van der Waals surface area contributed by atoms with Crippen LogP contribution in [0.15, 0.2) is 23.6 Å². The van der Waals surface area contributed by atoms with E-state index in [-0.39, 0.29) is 23.7 Å². The molecular weight excluding hydrogens is 370 g/mol. The van der Waals surface area contributed by atoms with Gasteiger partial charge in [0.2, 0.25) is 5.91 Å². The van der Waals surface area contributed by atoms with E-state index >= 15 is 0 Å². The summed E-state index contributed by atoms with van der Waals surface area (Å²) in [4.78, 5) is 31.4. The minimum absolute atomic E-state index is 0.0265. The van der Waals surface area contributed by atoms with Gasteiger partial charge in [0, 0.05) is 35.9 Å². The maximum absolute atomic E-state index is 12.9. The lowest BCUT2D eigenvalue weighted by Crippen LogP contribution is -2.39. The number of hydrogen-bond donors (Lipinski definition) is 1. The molecule has 6 heteroatoms. The molecule has 0 saturated carbocycles. The van der Waals surface area contributed by atoms with Crippen LogP contribution >= 0.6 is 11.3 Å². The Labute approximate surface area is 171 Å². The highest BCUT2D eigenvalue weighted by atomic mass is 32.1. The SMILES string of the molecule is Cc1ccc(C(=O)N2CCC[C@H](c3nc(CNC(=O)C(C)C)cs3)C2)cc1C. The first-order chi connectivity index (χ1) is 13.3. The first-order valence-electron chi connectivity index (χ1n) is 9.93. The van der Waals surface area contributed by atoms with Gasteiger partial charge in [-0.1, -0.05) is 19.9 Å². The number of aryl methyl sites for hydroxylation is 2. The van der Waals surface area contributed by atoms with E-state index < -0.39 is 0 Å². The summed E-state index contributed by atoms with van der Waals surface area (Å²) in [5, 5.41) is 5.99. The molecule has 150 valence electrons. The van der Waals surface area contributed by atoms with Crippen molar-refractivity contribution in [2.45, 2.75) is 53.0 Å². The van der Waals surface area contributed by atoms with Crippen LogP contribution < -0.4 is 5.32 Å². The zero-order valence-electron chi connectivity index (χ0n) is 17.1. The number of hydrogen-bond acceptors (Lipinski definition) is 4. The molecule has 1 N–H and O–H groups in total. The van der Waals surface area contributed by atoms with Crippen molar-refractivity contribution in [2.75, 3.05) is 13.1 Å². The molecule has 1 atom stereocenters.